The average Bonchev–Trinajstić information content (AvgIpc) is 2.69. The Bertz CT molecular complexity index is 915. The zero-order valence-electron chi connectivity index (χ0n) is 17.6. The number of Topliss-reactive ketones (excluding diaryl/α,β-unsaturated/α-hetero) is 1. The predicted octanol–water partition coefficient (Wildman–Crippen LogP) is 3.63. The number of nitrogens with zero attached hydrogens (tertiary/aromatic N) is 3. The van der Waals surface area contributed by atoms with Crippen molar-refractivity contribution in [2.45, 2.75) is 45.2 Å². The van der Waals surface area contributed by atoms with E-state index in [4.69, 9.17) is 5.73 Å². The molecule has 2 fully saturated rings. The number of halogens is 2. The van der Waals surface area contributed by atoms with Gasteiger partial charge in [0, 0.05) is 61.5 Å². The summed E-state index contributed by atoms with van der Waals surface area (Å²) in [5.41, 5.74) is 7.10. The van der Waals surface area contributed by atoms with Gasteiger partial charge in [-0.05, 0) is 49.4 Å². The van der Waals surface area contributed by atoms with Crippen LogP contribution < -0.4 is 10.6 Å². The molecule has 1 aromatic carbocycles. The van der Waals surface area contributed by atoms with E-state index in [1.807, 2.05) is 13.0 Å². The maximum absolute atomic E-state index is 13.4. The molecule has 2 N–H and O–H groups in total. The molecule has 0 aliphatic carbocycles. The summed E-state index contributed by atoms with van der Waals surface area (Å²) >= 11 is 0. The Kier molecular flexibility index (Phi) is 6.02. The standard InChI is InChI=1S/C23H30F2N4O/c1-14-8-16(9-21(30)15(2)28-12-17(26)13-28)11-29(10-14)20-6-5-19(23(24)25)22-18(20)4-3-7-27-22/h3-7,14-17,23H,8-13,26H2,1-2H3/t14-,15?,16-/m0/s1. The van der Waals surface area contributed by atoms with Gasteiger partial charge in [0.2, 0.25) is 0 Å². The third-order valence-corrected chi connectivity index (χ3v) is 6.54. The lowest BCUT2D eigenvalue weighted by molar-refractivity contribution is -0.126. The number of pyridine rings is 1. The minimum atomic E-state index is -2.56. The number of hydrogen-bond donors (Lipinski definition) is 1. The Labute approximate surface area is 176 Å². The molecule has 2 aliphatic rings. The van der Waals surface area contributed by atoms with Crippen molar-refractivity contribution in [1.82, 2.24) is 9.88 Å². The molecule has 1 aromatic heterocycles. The number of ketones is 1. The average molecular weight is 417 g/mol. The van der Waals surface area contributed by atoms with Crippen molar-refractivity contribution in [3.05, 3.63) is 36.0 Å². The highest BCUT2D eigenvalue weighted by molar-refractivity contribution is 5.94. The molecule has 3 heterocycles. The van der Waals surface area contributed by atoms with Gasteiger partial charge in [0.15, 0.2) is 0 Å². The number of benzene rings is 1. The van der Waals surface area contributed by atoms with Crippen LogP contribution in [0.5, 0.6) is 0 Å². The second-order valence-corrected chi connectivity index (χ2v) is 9.05. The Hall–Kier alpha value is -2.12. The van der Waals surface area contributed by atoms with Crippen LogP contribution >= 0.6 is 0 Å². The molecule has 0 bridgehead atoms. The van der Waals surface area contributed by atoms with Crippen molar-refractivity contribution >= 4 is 22.4 Å². The van der Waals surface area contributed by atoms with Crippen molar-refractivity contribution < 1.29 is 13.6 Å². The van der Waals surface area contributed by atoms with E-state index in [9.17, 15) is 13.6 Å². The fourth-order valence-corrected chi connectivity index (χ4v) is 4.98. The van der Waals surface area contributed by atoms with Gasteiger partial charge in [-0.1, -0.05) is 6.92 Å². The Morgan fingerprint density at radius 1 is 1.23 bits per heavy atom. The van der Waals surface area contributed by atoms with E-state index in [1.165, 1.54) is 6.07 Å². The van der Waals surface area contributed by atoms with E-state index in [1.54, 1.807) is 18.3 Å². The quantitative estimate of drug-likeness (QED) is 0.779. The molecule has 162 valence electrons. The van der Waals surface area contributed by atoms with Crippen LogP contribution in [0.2, 0.25) is 0 Å². The summed E-state index contributed by atoms with van der Waals surface area (Å²) in [6.45, 7) is 7.33. The first-order valence-corrected chi connectivity index (χ1v) is 10.8. The molecule has 0 spiro atoms. The second kappa shape index (κ2) is 8.55. The molecule has 1 unspecified atom stereocenters. The lowest BCUT2D eigenvalue weighted by atomic mass is 9.85. The number of nitrogens with two attached hydrogens (primary N) is 1. The Morgan fingerprint density at radius 2 is 2.00 bits per heavy atom. The van der Waals surface area contributed by atoms with Gasteiger partial charge in [-0.2, -0.15) is 0 Å². The summed E-state index contributed by atoms with van der Waals surface area (Å²) in [7, 11) is 0. The first kappa shape index (κ1) is 21.1. The summed E-state index contributed by atoms with van der Waals surface area (Å²) in [6.07, 6.45) is 0.540. The van der Waals surface area contributed by atoms with Crippen LogP contribution in [0, 0.1) is 11.8 Å². The summed E-state index contributed by atoms with van der Waals surface area (Å²) in [5, 5.41) is 0.748. The topological polar surface area (TPSA) is 62.5 Å². The maximum Gasteiger partial charge on any atom is 0.265 e. The molecule has 0 amide bonds. The van der Waals surface area contributed by atoms with Crippen LogP contribution in [-0.4, -0.2) is 53.9 Å². The molecule has 2 saturated heterocycles. The molecule has 2 aliphatic heterocycles. The molecule has 3 atom stereocenters. The highest BCUT2D eigenvalue weighted by Gasteiger charge is 2.34. The number of rotatable bonds is 6. The number of carbonyl (C=O) groups excluding carboxylic acids is 1. The molecule has 4 rings (SSSR count). The van der Waals surface area contributed by atoms with Crippen molar-refractivity contribution in [1.29, 1.82) is 0 Å². The van der Waals surface area contributed by atoms with Gasteiger partial charge in [-0.15, -0.1) is 0 Å². The smallest absolute Gasteiger partial charge is 0.265 e. The van der Waals surface area contributed by atoms with E-state index in [2.05, 4.69) is 21.7 Å². The van der Waals surface area contributed by atoms with E-state index in [0.29, 0.717) is 17.9 Å². The van der Waals surface area contributed by atoms with Gasteiger partial charge >= 0.3 is 0 Å². The van der Waals surface area contributed by atoms with Gasteiger partial charge in [0.05, 0.1) is 11.6 Å². The third-order valence-electron chi connectivity index (χ3n) is 6.54. The number of likely N-dealkylation sites (tertiary alicyclic amines) is 1. The van der Waals surface area contributed by atoms with Gasteiger partial charge in [-0.3, -0.25) is 14.7 Å². The molecule has 5 nitrogen and oxygen atoms in total. The van der Waals surface area contributed by atoms with Crippen LogP contribution in [0.4, 0.5) is 14.5 Å². The number of anilines is 1. The fourth-order valence-electron chi connectivity index (χ4n) is 4.98. The number of alkyl halides is 2. The summed E-state index contributed by atoms with van der Waals surface area (Å²) in [4.78, 5) is 21.5. The van der Waals surface area contributed by atoms with E-state index >= 15 is 0 Å². The second-order valence-electron chi connectivity index (χ2n) is 9.05. The fraction of sp³-hybridized carbons (Fsp3) is 0.565. The van der Waals surface area contributed by atoms with Gasteiger partial charge in [0.1, 0.15) is 5.78 Å². The van der Waals surface area contributed by atoms with Gasteiger partial charge in [0.25, 0.3) is 6.43 Å². The monoisotopic (exact) mass is 416 g/mol. The van der Waals surface area contributed by atoms with Crippen LogP contribution in [0.1, 0.15) is 38.7 Å². The Balaban J connectivity index is 1.53. The summed E-state index contributed by atoms with van der Waals surface area (Å²) in [5.74, 6) is 0.937. The van der Waals surface area contributed by atoms with E-state index in [-0.39, 0.29) is 29.3 Å². The highest BCUT2D eigenvalue weighted by Crippen LogP contribution is 2.36. The lowest BCUT2D eigenvalue weighted by Crippen LogP contribution is -2.60. The van der Waals surface area contributed by atoms with Crippen molar-refractivity contribution in [2.75, 3.05) is 31.1 Å². The first-order chi connectivity index (χ1) is 14.3. The minimum Gasteiger partial charge on any atom is -0.370 e. The molecule has 30 heavy (non-hydrogen) atoms. The zero-order valence-corrected chi connectivity index (χ0v) is 17.6. The minimum absolute atomic E-state index is 0.0345. The number of hydrogen-bond acceptors (Lipinski definition) is 5. The molecular formula is C23H30F2N4O. The van der Waals surface area contributed by atoms with Crippen LogP contribution in [0.3, 0.4) is 0 Å². The van der Waals surface area contributed by atoms with Crippen molar-refractivity contribution in [3.8, 4) is 0 Å². The van der Waals surface area contributed by atoms with Crippen LogP contribution in [0.15, 0.2) is 30.5 Å². The van der Waals surface area contributed by atoms with Gasteiger partial charge in [-0.25, -0.2) is 8.78 Å². The number of fused-ring (bicyclic) bond motifs is 1. The maximum atomic E-state index is 13.4. The number of aromatic nitrogens is 1. The third kappa shape index (κ3) is 4.18. The molecule has 0 saturated carbocycles. The Morgan fingerprint density at radius 3 is 2.70 bits per heavy atom. The number of piperidine rings is 1. The zero-order chi connectivity index (χ0) is 21.4. The van der Waals surface area contributed by atoms with Crippen LogP contribution in [0.25, 0.3) is 10.9 Å². The molecule has 0 radical (unpaired) electrons. The first-order valence-electron chi connectivity index (χ1n) is 10.8. The SMILES string of the molecule is CC(C(=O)C[C@@H]1C[C@H](C)CN(c2ccc(C(F)F)c3ncccc23)C1)N1CC(N)C1. The van der Waals surface area contributed by atoms with Gasteiger partial charge < -0.3 is 10.6 Å². The molecular weight excluding hydrogens is 386 g/mol. The largest absolute Gasteiger partial charge is 0.370 e. The summed E-state index contributed by atoms with van der Waals surface area (Å²) < 4.78 is 26.9. The predicted molar refractivity (Wildman–Crippen MR) is 115 cm³/mol. The molecule has 7 heteroatoms. The van der Waals surface area contributed by atoms with E-state index in [0.717, 1.165) is 43.7 Å². The molecule has 2 aromatic rings. The van der Waals surface area contributed by atoms with Crippen LogP contribution in [-0.2, 0) is 4.79 Å². The lowest BCUT2D eigenvalue weighted by Gasteiger charge is -2.42. The van der Waals surface area contributed by atoms with Crippen molar-refractivity contribution in [3.63, 3.8) is 0 Å². The summed E-state index contributed by atoms with van der Waals surface area (Å²) in [6, 6.07) is 7.01. The normalized spacial score (nSPS) is 24.3. The van der Waals surface area contributed by atoms with E-state index < -0.39 is 6.43 Å². The number of carbonyl (C=O) groups is 1. The highest BCUT2D eigenvalue weighted by atomic mass is 19.3. The van der Waals surface area contributed by atoms with Crippen molar-refractivity contribution in [2.24, 2.45) is 17.6 Å².